The van der Waals surface area contributed by atoms with Crippen molar-refractivity contribution in [3.05, 3.63) is 0 Å². The minimum Gasteiger partial charge on any atom is -0.480 e. The summed E-state index contributed by atoms with van der Waals surface area (Å²) in [4.78, 5) is 73.1. The van der Waals surface area contributed by atoms with Crippen LogP contribution in [0.2, 0.25) is 0 Å². The highest BCUT2D eigenvalue weighted by Crippen LogP contribution is 2.13. The first kappa shape index (κ1) is 42.9. The average molecular weight is 670 g/mol. The topological polar surface area (TPSA) is 309 Å². The quantitative estimate of drug-likeness (QED) is 0.0342. The molecule has 270 valence electrons. The highest BCUT2D eigenvalue weighted by atomic mass is 16.4. The normalized spacial score (nSPS) is 15.5. The van der Waals surface area contributed by atoms with Crippen molar-refractivity contribution < 1.29 is 29.1 Å². The van der Waals surface area contributed by atoms with Crippen LogP contribution < -0.4 is 49.9 Å². The maximum Gasteiger partial charge on any atom is 0.326 e. The summed E-state index contributed by atoms with van der Waals surface area (Å²) in [6, 6.07) is -5.30. The number of guanidine groups is 2. The van der Waals surface area contributed by atoms with Gasteiger partial charge in [-0.25, -0.2) is 4.79 Å². The van der Waals surface area contributed by atoms with E-state index in [1.165, 1.54) is 0 Å². The molecule has 0 saturated heterocycles. The van der Waals surface area contributed by atoms with Crippen LogP contribution in [0.1, 0.15) is 86.5 Å². The fourth-order valence-corrected chi connectivity index (χ4v) is 4.56. The molecular formula is C30H59N11O6. The number of carboxylic acid groups (broad SMARTS) is 1. The first-order chi connectivity index (χ1) is 21.9. The van der Waals surface area contributed by atoms with Gasteiger partial charge in [0.05, 0.1) is 6.04 Å². The zero-order valence-electron chi connectivity index (χ0n) is 28.8. The molecule has 4 amide bonds. The van der Waals surface area contributed by atoms with Crippen LogP contribution in [0.4, 0.5) is 0 Å². The third-order valence-corrected chi connectivity index (χ3v) is 7.79. The molecule has 0 aliphatic heterocycles. The first-order valence-corrected chi connectivity index (χ1v) is 16.2. The Bertz CT molecular complexity index is 1080. The number of carbonyl (C=O) groups excluding carboxylic acids is 4. The molecule has 0 rings (SSSR count). The van der Waals surface area contributed by atoms with Crippen LogP contribution in [-0.2, 0) is 24.0 Å². The van der Waals surface area contributed by atoms with Gasteiger partial charge < -0.3 is 55.0 Å². The number of aliphatic imine (C=N–C) groups is 2. The van der Waals surface area contributed by atoms with E-state index in [2.05, 4.69) is 31.3 Å². The Balaban J connectivity index is 5.99. The molecule has 0 spiro atoms. The van der Waals surface area contributed by atoms with Crippen molar-refractivity contribution in [1.82, 2.24) is 21.3 Å². The van der Waals surface area contributed by atoms with Crippen LogP contribution in [0, 0.1) is 17.8 Å². The highest BCUT2D eigenvalue weighted by Gasteiger charge is 2.34. The van der Waals surface area contributed by atoms with Gasteiger partial charge in [0.25, 0.3) is 0 Å². The van der Waals surface area contributed by atoms with Crippen LogP contribution in [0.5, 0.6) is 0 Å². The third kappa shape index (κ3) is 17.4. The molecular weight excluding hydrogens is 610 g/mol. The summed E-state index contributed by atoms with van der Waals surface area (Å²) in [7, 11) is 0. The molecule has 0 saturated carbocycles. The lowest BCUT2D eigenvalue weighted by molar-refractivity contribution is -0.144. The molecule has 47 heavy (non-hydrogen) atoms. The molecule has 0 aromatic carbocycles. The Morgan fingerprint density at radius 3 is 1.55 bits per heavy atom. The van der Waals surface area contributed by atoms with Crippen molar-refractivity contribution in [2.45, 2.75) is 117 Å². The second-order valence-corrected chi connectivity index (χ2v) is 12.3. The summed E-state index contributed by atoms with van der Waals surface area (Å²) >= 11 is 0. The minimum atomic E-state index is -1.20. The number of rotatable bonds is 23. The number of nitrogens with two attached hydrogens (primary N) is 5. The lowest BCUT2D eigenvalue weighted by atomic mass is 9.96. The fourth-order valence-electron chi connectivity index (χ4n) is 4.56. The lowest BCUT2D eigenvalue weighted by Gasteiger charge is -2.29. The number of carboxylic acids is 1. The first-order valence-electron chi connectivity index (χ1n) is 16.2. The number of hydrogen-bond acceptors (Lipinski definition) is 8. The largest absolute Gasteiger partial charge is 0.480 e. The van der Waals surface area contributed by atoms with Crippen LogP contribution in [-0.4, -0.2) is 89.9 Å². The van der Waals surface area contributed by atoms with Crippen LogP contribution in [0.15, 0.2) is 9.98 Å². The molecule has 0 aliphatic rings. The lowest BCUT2D eigenvalue weighted by Crippen LogP contribution is -2.60. The van der Waals surface area contributed by atoms with Gasteiger partial charge in [-0.3, -0.25) is 29.2 Å². The van der Waals surface area contributed by atoms with Crippen molar-refractivity contribution in [3.63, 3.8) is 0 Å². The molecule has 17 nitrogen and oxygen atoms in total. The summed E-state index contributed by atoms with van der Waals surface area (Å²) in [5.74, 6) is -4.58. The monoisotopic (exact) mass is 669 g/mol. The van der Waals surface area contributed by atoms with Gasteiger partial charge >= 0.3 is 5.97 Å². The van der Waals surface area contributed by atoms with Crippen molar-refractivity contribution in [2.75, 3.05) is 13.1 Å². The zero-order valence-corrected chi connectivity index (χ0v) is 28.8. The Labute approximate surface area is 278 Å². The molecule has 0 unspecified atom stereocenters. The number of carbonyl (C=O) groups is 5. The number of nitrogens with zero attached hydrogens (tertiary/aromatic N) is 2. The van der Waals surface area contributed by atoms with E-state index in [4.69, 9.17) is 28.7 Å². The molecule has 0 fully saturated rings. The van der Waals surface area contributed by atoms with Gasteiger partial charge in [0.1, 0.15) is 24.2 Å². The molecule has 0 heterocycles. The summed E-state index contributed by atoms with van der Waals surface area (Å²) in [6.07, 6.45) is 2.38. The number of nitrogens with one attached hydrogen (secondary N) is 4. The van der Waals surface area contributed by atoms with E-state index in [9.17, 15) is 29.1 Å². The van der Waals surface area contributed by atoms with Crippen molar-refractivity contribution >= 4 is 41.5 Å². The maximum absolute atomic E-state index is 13.6. The van der Waals surface area contributed by atoms with E-state index >= 15 is 0 Å². The van der Waals surface area contributed by atoms with E-state index in [-0.39, 0.29) is 55.5 Å². The van der Waals surface area contributed by atoms with Crippen LogP contribution >= 0.6 is 0 Å². The molecule has 7 atom stereocenters. The molecule has 0 aliphatic carbocycles. The SMILES string of the molecule is CC[C@H](C)[C@H](NC(=O)[C@H](CCCN=C(N)N)NC(=O)[C@H](CC(C)C)NC(=O)[C@@H](NC(=O)[C@H](N)CCCN=C(N)N)[C@@H](C)CC)C(=O)O. The summed E-state index contributed by atoms with van der Waals surface area (Å²) in [6.45, 7) is 11.4. The minimum absolute atomic E-state index is 0.0442. The van der Waals surface area contributed by atoms with E-state index in [1.807, 2.05) is 20.8 Å². The third-order valence-electron chi connectivity index (χ3n) is 7.79. The van der Waals surface area contributed by atoms with Crippen molar-refractivity contribution in [3.8, 4) is 0 Å². The van der Waals surface area contributed by atoms with Gasteiger partial charge in [-0.2, -0.15) is 0 Å². The standard InChI is InChI=1S/C30H59N11O6/c1-7-17(5)22(40-24(42)19(31)11-9-13-36-29(32)33)27(45)39-21(15-16(3)4)26(44)38-20(12-10-14-37-30(34)35)25(43)41-23(28(46)47)18(6)8-2/h16-23H,7-15,31H2,1-6H3,(H,38,44)(H,39,45)(H,40,42)(H,41,43)(H,46,47)(H4,32,33,36)(H4,34,35,37)/t17-,18-,19+,20-,21-,22-,23-/m0/s1. The van der Waals surface area contributed by atoms with Gasteiger partial charge in [0, 0.05) is 13.1 Å². The molecule has 15 N–H and O–H groups in total. The number of aliphatic carboxylic acids is 1. The predicted molar refractivity (Wildman–Crippen MR) is 182 cm³/mol. The number of hydrogen-bond donors (Lipinski definition) is 10. The Kier molecular flexibility index (Phi) is 20.4. The zero-order chi connectivity index (χ0) is 36.3. The predicted octanol–water partition coefficient (Wildman–Crippen LogP) is -1.42. The molecule has 0 bridgehead atoms. The van der Waals surface area contributed by atoms with Gasteiger partial charge in [-0.05, 0) is 49.9 Å². The van der Waals surface area contributed by atoms with Gasteiger partial charge in [-0.15, -0.1) is 0 Å². The summed E-state index contributed by atoms with van der Waals surface area (Å²) < 4.78 is 0. The Morgan fingerprint density at radius 1 is 0.638 bits per heavy atom. The Morgan fingerprint density at radius 2 is 1.09 bits per heavy atom. The molecule has 0 aromatic heterocycles. The van der Waals surface area contributed by atoms with E-state index in [1.54, 1.807) is 20.8 Å². The second kappa shape index (κ2) is 22.4. The highest BCUT2D eigenvalue weighted by molar-refractivity contribution is 5.95. The maximum atomic E-state index is 13.6. The smallest absolute Gasteiger partial charge is 0.326 e. The van der Waals surface area contributed by atoms with Crippen molar-refractivity contribution in [1.29, 1.82) is 0 Å². The van der Waals surface area contributed by atoms with Crippen LogP contribution in [0.3, 0.4) is 0 Å². The van der Waals surface area contributed by atoms with Crippen LogP contribution in [0.25, 0.3) is 0 Å². The molecule has 17 heteroatoms. The average Bonchev–Trinajstić information content (AvgIpc) is 2.99. The Hall–Kier alpha value is -4.15. The van der Waals surface area contributed by atoms with Gasteiger partial charge in [0.15, 0.2) is 11.9 Å². The summed E-state index contributed by atoms with van der Waals surface area (Å²) in [5, 5.41) is 20.4. The summed E-state index contributed by atoms with van der Waals surface area (Å²) in [5.41, 5.74) is 27.5. The fraction of sp³-hybridized carbons (Fsp3) is 0.767. The number of amides is 4. The van der Waals surface area contributed by atoms with Gasteiger partial charge in [0.2, 0.25) is 23.6 Å². The second-order valence-electron chi connectivity index (χ2n) is 12.3. The molecule has 0 aromatic rings. The van der Waals surface area contributed by atoms with E-state index in [0.29, 0.717) is 32.2 Å². The van der Waals surface area contributed by atoms with Crippen molar-refractivity contribution in [2.24, 2.45) is 56.4 Å². The van der Waals surface area contributed by atoms with E-state index < -0.39 is 59.8 Å². The molecule has 0 radical (unpaired) electrons. The van der Waals surface area contributed by atoms with E-state index in [0.717, 1.165) is 0 Å². The van der Waals surface area contributed by atoms with Gasteiger partial charge in [-0.1, -0.05) is 54.4 Å².